The molecule has 1 N–H and O–H groups in total. The minimum atomic E-state index is -0.422. The van der Waals surface area contributed by atoms with Crippen molar-refractivity contribution in [2.75, 3.05) is 13.1 Å². The maximum atomic E-state index is 12.6. The van der Waals surface area contributed by atoms with Crippen molar-refractivity contribution in [1.82, 2.24) is 15.2 Å². The van der Waals surface area contributed by atoms with Gasteiger partial charge in [0.15, 0.2) is 0 Å². The summed E-state index contributed by atoms with van der Waals surface area (Å²) in [4.78, 5) is 30.4. The summed E-state index contributed by atoms with van der Waals surface area (Å²) < 4.78 is 5.74. The number of nitrogens with zero attached hydrogens (tertiary/aromatic N) is 2. The molecule has 6 heteroatoms. The van der Waals surface area contributed by atoms with Crippen molar-refractivity contribution in [2.24, 2.45) is 5.92 Å². The number of carbonyl (C=O) groups is 2. The number of rotatable bonds is 6. The van der Waals surface area contributed by atoms with Gasteiger partial charge in [-0.25, -0.2) is 0 Å². The van der Waals surface area contributed by atoms with Gasteiger partial charge in [-0.3, -0.25) is 14.6 Å². The summed E-state index contributed by atoms with van der Waals surface area (Å²) in [5.41, 5.74) is 1.90. The highest BCUT2D eigenvalue weighted by atomic mass is 16.5. The summed E-state index contributed by atoms with van der Waals surface area (Å²) in [5.74, 6) is 0.581. The van der Waals surface area contributed by atoms with Crippen LogP contribution in [0, 0.1) is 5.92 Å². The summed E-state index contributed by atoms with van der Waals surface area (Å²) in [7, 11) is 0. The summed E-state index contributed by atoms with van der Waals surface area (Å²) in [6.45, 7) is 5.37. The topological polar surface area (TPSA) is 71.5 Å². The Bertz CT molecular complexity index is 832. The van der Waals surface area contributed by atoms with Crippen LogP contribution < -0.4 is 10.1 Å². The Morgan fingerprint density at radius 1 is 1.32 bits per heavy atom. The molecular weight excluding hydrogens is 354 g/mol. The Morgan fingerprint density at radius 3 is 2.79 bits per heavy atom. The Balaban J connectivity index is 1.59. The highest BCUT2D eigenvalue weighted by Crippen LogP contribution is 2.17. The van der Waals surface area contributed by atoms with Crippen LogP contribution in [-0.2, 0) is 16.2 Å². The van der Waals surface area contributed by atoms with Gasteiger partial charge in [-0.1, -0.05) is 32.0 Å². The number of pyridine rings is 1. The van der Waals surface area contributed by atoms with E-state index in [9.17, 15) is 9.59 Å². The minimum Gasteiger partial charge on any atom is -0.489 e. The Kier molecular flexibility index (Phi) is 6.42. The van der Waals surface area contributed by atoms with Gasteiger partial charge in [0.05, 0.1) is 0 Å². The molecule has 1 aromatic heterocycles. The van der Waals surface area contributed by atoms with Gasteiger partial charge in [0.2, 0.25) is 11.8 Å². The number of carbonyl (C=O) groups excluding carboxylic acids is 2. The van der Waals surface area contributed by atoms with Crippen LogP contribution >= 0.6 is 0 Å². The molecule has 0 aliphatic carbocycles. The molecule has 6 nitrogen and oxygen atoms in total. The molecule has 1 atom stereocenters. The van der Waals surface area contributed by atoms with Gasteiger partial charge in [0, 0.05) is 37.1 Å². The highest BCUT2D eigenvalue weighted by Gasteiger charge is 2.34. The standard InChI is InChI=1S/C22H25N3O3/c1-16(2)21-22(27)24-12-13-25(21)20(26)10-7-17-5-8-19(9-6-17)28-15-18-4-3-11-23-14-18/h3-11,14,16,21H,12-13,15H2,1-2H3,(H,24,27)/b10-7+. The van der Waals surface area contributed by atoms with E-state index >= 15 is 0 Å². The first kappa shape index (κ1) is 19.6. The number of aromatic nitrogens is 1. The van der Waals surface area contributed by atoms with Crippen molar-refractivity contribution in [2.45, 2.75) is 26.5 Å². The number of piperazine rings is 1. The van der Waals surface area contributed by atoms with E-state index in [0.29, 0.717) is 19.7 Å². The second-order valence-corrected chi connectivity index (χ2v) is 7.06. The van der Waals surface area contributed by atoms with E-state index in [2.05, 4.69) is 10.3 Å². The number of hydrogen-bond donors (Lipinski definition) is 1. The first-order chi connectivity index (χ1) is 13.5. The minimum absolute atomic E-state index is 0.0638. The fourth-order valence-corrected chi connectivity index (χ4v) is 3.18. The third-order valence-electron chi connectivity index (χ3n) is 4.60. The van der Waals surface area contributed by atoms with Crippen LogP contribution in [-0.4, -0.2) is 40.8 Å². The maximum absolute atomic E-state index is 12.6. The third kappa shape index (κ3) is 4.97. The quantitative estimate of drug-likeness (QED) is 0.784. The molecule has 0 spiro atoms. The molecule has 1 aromatic carbocycles. The molecule has 0 saturated carbocycles. The molecule has 0 bridgehead atoms. The number of amides is 2. The first-order valence-electron chi connectivity index (χ1n) is 9.43. The molecule has 1 unspecified atom stereocenters. The average Bonchev–Trinajstić information content (AvgIpc) is 2.71. The van der Waals surface area contributed by atoms with Gasteiger partial charge >= 0.3 is 0 Å². The number of nitrogens with one attached hydrogen (secondary N) is 1. The van der Waals surface area contributed by atoms with Crippen LogP contribution in [0.3, 0.4) is 0 Å². The highest BCUT2D eigenvalue weighted by molar-refractivity contribution is 5.96. The van der Waals surface area contributed by atoms with E-state index in [1.54, 1.807) is 23.4 Å². The predicted octanol–water partition coefficient (Wildman–Crippen LogP) is 2.66. The number of benzene rings is 1. The molecule has 2 aromatic rings. The lowest BCUT2D eigenvalue weighted by Crippen LogP contribution is -2.58. The van der Waals surface area contributed by atoms with Crippen molar-refractivity contribution in [3.63, 3.8) is 0 Å². The van der Waals surface area contributed by atoms with Crippen LogP contribution in [0.4, 0.5) is 0 Å². The van der Waals surface area contributed by atoms with Crippen LogP contribution in [0.25, 0.3) is 6.08 Å². The summed E-state index contributed by atoms with van der Waals surface area (Å²) in [6.07, 6.45) is 6.79. The Labute approximate surface area is 165 Å². The van der Waals surface area contributed by atoms with Gasteiger partial charge in [0.1, 0.15) is 18.4 Å². The van der Waals surface area contributed by atoms with E-state index in [-0.39, 0.29) is 17.7 Å². The first-order valence-corrected chi connectivity index (χ1v) is 9.43. The van der Waals surface area contributed by atoms with E-state index in [1.807, 2.05) is 50.2 Å². The van der Waals surface area contributed by atoms with Crippen molar-refractivity contribution < 1.29 is 14.3 Å². The van der Waals surface area contributed by atoms with Gasteiger partial charge in [-0.15, -0.1) is 0 Å². The van der Waals surface area contributed by atoms with E-state index in [0.717, 1.165) is 16.9 Å². The second kappa shape index (κ2) is 9.17. The van der Waals surface area contributed by atoms with Crippen LogP contribution in [0.5, 0.6) is 5.75 Å². The maximum Gasteiger partial charge on any atom is 0.247 e. The lowest BCUT2D eigenvalue weighted by molar-refractivity contribution is -0.141. The summed E-state index contributed by atoms with van der Waals surface area (Å²) in [5, 5.41) is 2.83. The summed E-state index contributed by atoms with van der Waals surface area (Å²) in [6, 6.07) is 10.9. The molecule has 1 aliphatic rings. The molecule has 146 valence electrons. The monoisotopic (exact) mass is 379 g/mol. The van der Waals surface area contributed by atoms with Crippen LogP contribution in [0.2, 0.25) is 0 Å². The van der Waals surface area contributed by atoms with E-state index in [4.69, 9.17) is 4.74 Å². The van der Waals surface area contributed by atoms with Crippen LogP contribution in [0.1, 0.15) is 25.0 Å². The fraction of sp³-hybridized carbons (Fsp3) is 0.318. The Morgan fingerprint density at radius 2 is 2.11 bits per heavy atom. The third-order valence-corrected chi connectivity index (χ3v) is 4.60. The van der Waals surface area contributed by atoms with Crippen molar-refractivity contribution in [3.05, 3.63) is 66.0 Å². The molecule has 1 fully saturated rings. The van der Waals surface area contributed by atoms with Crippen LogP contribution in [0.15, 0.2) is 54.9 Å². The smallest absolute Gasteiger partial charge is 0.247 e. The van der Waals surface area contributed by atoms with E-state index < -0.39 is 6.04 Å². The molecule has 28 heavy (non-hydrogen) atoms. The predicted molar refractivity (Wildman–Crippen MR) is 107 cm³/mol. The molecule has 3 rings (SSSR count). The normalized spacial score (nSPS) is 17.0. The lowest BCUT2D eigenvalue weighted by atomic mass is 9.99. The largest absolute Gasteiger partial charge is 0.489 e. The van der Waals surface area contributed by atoms with Crippen molar-refractivity contribution in [1.29, 1.82) is 0 Å². The number of hydrogen-bond acceptors (Lipinski definition) is 4. The molecule has 2 heterocycles. The molecular formula is C22H25N3O3. The average molecular weight is 379 g/mol. The number of ether oxygens (including phenoxy) is 1. The van der Waals surface area contributed by atoms with Gasteiger partial charge in [-0.05, 0) is 35.8 Å². The zero-order valence-corrected chi connectivity index (χ0v) is 16.2. The van der Waals surface area contributed by atoms with Gasteiger partial charge < -0.3 is 15.0 Å². The molecule has 0 radical (unpaired) electrons. The van der Waals surface area contributed by atoms with Gasteiger partial charge in [0.25, 0.3) is 0 Å². The summed E-state index contributed by atoms with van der Waals surface area (Å²) >= 11 is 0. The van der Waals surface area contributed by atoms with Gasteiger partial charge in [-0.2, -0.15) is 0 Å². The SMILES string of the molecule is CC(C)C1C(=O)NCCN1C(=O)/C=C/c1ccc(OCc2cccnc2)cc1. The lowest BCUT2D eigenvalue weighted by Gasteiger charge is -2.36. The van der Waals surface area contributed by atoms with Crippen molar-refractivity contribution in [3.8, 4) is 5.75 Å². The van der Waals surface area contributed by atoms with Crippen molar-refractivity contribution >= 4 is 17.9 Å². The second-order valence-electron chi connectivity index (χ2n) is 7.06. The zero-order valence-electron chi connectivity index (χ0n) is 16.2. The van der Waals surface area contributed by atoms with E-state index in [1.165, 1.54) is 6.08 Å². The molecule has 2 amide bonds. The molecule has 1 saturated heterocycles. The molecule has 1 aliphatic heterocycles. The fourth-order valence-electron chi connectivity index (χ4n) is 3.18. The zero-order chi connectivity index (χ0) is 19.9. The Hall–Kier alpha value is -3.15.